The van der Waals surface area contributed by atoms with Gasteiger partial charge in [-0.15, -0.1) is 11.3 Å². The van der Waals surface area contributed by atoms with Gasteiger partial charge in [0, 0.05) is 23.4 Å². The quantitative estimate of drug-likeness (QED) is 0.535. The molecule has 0 radical (unpaired) electrons. The molecule has 1 saturated heterocycles. The molecule has 9 nitrogen and oxygen atoms in total. The molecule has 0 spiro atoms. The summed E-state index contributed by atoms with van der Waals surface area (Å²) in [5.74, 6) is 0.178. The number of aliphatic imine (C=N–C) groups is 1. The zero-order valence-electron chi connectivity index (χ0n) is 20.7. The third kappa shape index (κ3) is 6.58. The largest absolute Gasteiger partial charge is 0.444 e. The minimum atomic E-state index is -0.935. The maximum Gasteiger partial charge on any atom is 0.410 e. The first-order valence-electron chi connectivity index (χ1n) is 11.7. The van der Waals surface area contributed by atoms with E-state index < -0.39 is 17.3 Å². The van der Waals surface area contributed by atoms with Gasteiger partial charge in [-0.3, -0.25) is 9.63 Å². The third-order valence-electron chi connectivity index (χ3n) is 5.40. The van der Waals surface area contributed by atoms with Crippen molar-refractivity contribution in [3.8, 4) is 0 Å². The monoisotopic (exact) mass is 492 g/mol. The van der Waals surface area contributed by atoms with Crippen LogP contribution in [0, 0.1) is 0 Å². The van der Waals surface area contributed by atoms with Crippen LogP contribution in [0.15, 0.2) is 16.6 Å². The Morgan fingerprint density at radius 2 is 2.03 bits per heavy atom. The second-order valence-corrected chi connectivity index (χ2v) is 11.0. The number of amidine groups is 1. The molecule has 34 heavy (non-hydrogen) atoms. The van der Waals surface area contributed by atoms with Crippen LogP contribution in [-0.4, -0.2) is 70.3 Å². The van der Waals surface area contributed by atoms with Crippen LogP contribution in [0.25, 0.3) is 6.08 Å². The van der Waals surface area contributed by atoms with Gasteiger partial charge in [-0.05, 0) is 59.1 Å². The number of hydroxylamine groups is 2. The number of carbonyl (C=O) groups excluding carboxylic acids is 2. The van der Waals surface area contributed by atoms with Crippen molar-refractivity contribution in [3.05, 3.63) is 21.4 Å². The van der Waals surface area contributed by atoms with E-state index in [0.29, 0.717) is 37.4 Å². The number of hydrogen-bond acceptors (Lipinski definition) is 8. The van der Waals surface area contributed by atoms with E-state index in [-0.39, 0.29) is 25.4 Å². The zero-order valence-corrected chi connectivity index (χ0v) is 21.5. The molecule has 1 aromatic heterocycles. The van der Waals surface area contributed by atoms with E-state index in [0.717, 1.165) is 21.9 Å². The normalized spacial score (nSPS) is 17.2. The fourth-order valence-electron chi connectivity index (χ4n) is 3.87. The van der Waals surface area contributed by atoms with Crippen LogP contribution in [0.3, 0.4) is 0 Å². The number of β-amino-alcohol motifs (C(OH)–C–C–N with tert-alkyl or cyclic N) is 1. The number of rotatable bonds is 8. The van der Waals surface area contributed by atoms with Gasteiger partial charge >= 0.3 is 6.09 Å². The Balaban J connectivity index is 1.65. The van der Waals surface area contributed by atoms with Crippen LogP contribution < -0.4 is 5.73 Å². The predicted molar refractivity (Wildman–Crippen MR) is 133 cm³/mol. The van der Waals surface area contributed by atoms with E-state index in [2.05, 4.69) is 4.99 Å². The molecule has 0 saturated carbocycles. The number of fused-ring (bicyclic) bond motifs is 1. The predicted octanol–water partition coefficient (Wildman–Crippen LogP) is 3.63. The van der Waals surface area contributed by atoms with Gasteiger partial charge in [-0.2, -0.15) is 0 Å². The highest BCUT2D eigenvalue weighted by Crippen LogP contribution is 2.37. The van der Waals surface area contributed by atoms with Crippen molar-refractivity contribution < 1.29 is 24.3 Å². The summed E-state index contributed by atoms with van der Waals surface area (Å²) in [6, 6.07) is 1.96. The Hall–Kier alpha value is -2.43. The van der Waals surface area contributed by atoms with Gasteiger partial charge in [0.15, 0.2) is 0 Å². The standard InChI is InChI=1S/C24H36N4O5S/c1-6-10-28(32-7-2)21(29)16-11-19-18(26-20(25)12-16)13-17(34-19)8-9-24(31)14-27(15-24)22(30)33-23(3,4)5/h11,13,31H,6-10,12,14-15H2,1-5H3,(H2,25,26). The lowest BCUT2D eigenvalue weighted by Crippen LogP contribution is -2.64. The lowest BCUT2D eigenvalue weighted by molar-refractivity contribution is -0.180. The summed E-state index contributed by atoms with van der Waals surface area (Å²) in [5.41, 5.74) is 5.88. The van der Waals surface area contributed by atoms with Crippen molar-refractivity contribution in [2.75, 3.05) is 26.2 Å². The molecule has 3 rings (SSSR count). The highest BCUT2D eigenvalue weighted by Gasteiger charge is 2.44. The first-order valence-corrected chi connectivity index (χ1v) is 12.6. The van der Waals surface area contributed by atoms with Crippen molar-refractivity contribution in [2.45, 2.75) is 71.5 Å². The highest BCUT2D eigenvalue weighted by atomic mass is 32.1. The molecule has 3 N–H and O–H groups in total. The van der Waals surface area contributed by atoms with Crippen molar-refractivity contribution in [3.63, 3.8) is 0 Å². The second-order valence-electron chi connectivity index (χ2n) is 9.80. The highest BCUT2D eigenvalue weighted by molar-refractivity contribution is 7.13. The molecule has 188 valence electrons. The average Bonchev–Trinajstić information content (AvgIpc) is 3.01. The number of aliphatic hydroxyl groups is 1. The number of nitrogens with two attached hydrogens (primary N) is 1. The van der Waals surface area contributed by atoms with Crippen molar-refractivity contribution in [1.82, 2.24) is 9.96 Å². The summed E-state index contributed by atoms with van der Waals surface area (Å²) in [6.07, 6.45) is 3.63. The molecular weight excluding hydrogens is 456 g/mol. The molecule has 0 atom stereocenters. The van der Waals surface area contributed by atoms with Crippen LogP contribution in [-0.2, 0) is 20.8 Å². The maximum absolute atomic E-state index is 13.0. The Labute approximate surface area is 205 Å². The number of likely N-dealkylation sites (tertiary alicyclic amines) is 1. The van der Waals surface area contributed by atoms with Gasteiger partial charge in [0.25, 0.3) is 5.91 Å². The Morgan fingerprint density at radius 1 is 1.32 bits per heavy atom. The molecule has 2 aliphatic rings. The molecule has 2 amide bonds. The number of carbonyl (C=O) groups is 2. The van der Waals surface area contributed by atoms with Gasteiger partial charge in [-0.25, -0.2) is 14.9 Å². The fourth-order valence-corrected chi connectivity index (χ4v) is 4.94. The smallest absolute Gasteiger partial charge is 0.410 e. The van der Waals surface area contributed by atoms with Crippen molar-refractivity contribution in [1.29, 1.82) is 0 Å². The first-order chi connectivity index (χ1) is 15.9. The average molecular weight is 493 g/mol. The maximum atomic E-state index is 13.0. The number of hydrogen-bond donors (Lipinski definition) is 2. The number of amides is 2. The van der Waals surface area contributed by atoms with Gasteiger partial charge < -0.3 is 20.5 Å². The summed E-state index contributed by atoms with van der Waals surface area (Å²) in [4.78, 5) is 38.6. The molecule has 2 aliphatic heterocycles. The summed E-state index contributed by atoms with van der Waals surface area (Å²) in [5, 5.41) is 12.2. The van der Waals surface area contributed by atoms with E-state index in [4.69, 9.17) is 15.3 Å². The van der Waals surface area contributed by atoms with Crippen LogP contribution in [0.1, 0.15) is 63.6 Å². The molecule has 3 heterocycles. The molecule has 0 aliphatic carbocycles. The lowest BCUT2D eigenvalue weighted by Gasteiger charge is -2.46. The van der Waals surface area contributed by atoms with Gasteiger partial charge in [0.05, 0.1) is 30.3 Å². The molecule has 0 aromatic carbocycles. The van der Waals surface area contributed by atoms with Crippen molar-refractivity contribution in [2.24, 2.45) is 10.7 Å². The molecule has 0 unspecified atom stereocenters. The Morgan fingerprint density at radius 3 is 2.65 bits per heavy atom. The van der Waals surface area contributed by atoms with E-state index in [1.165, 1.54) is 21.3 Å². The van der Waals surface area contributed by atoms with E-state index >= 15 is 0 Å². The fraction of sp³-hybridized carbons (Fsp3) is 0.625. The van der Waals surface area contributed by atoms with E-state index in [1.54, 1.807) is 0 Å². The van der Waals surface area contributed by atoms with Crippen LogP contribution in [0.5, 0.6) is 0 Å². The Kier molecular flexibility index (Phi) is 8.05. The third-order valence-corrected chi connectivity index (χ3v) is 6.53. The minimum absolute atomic E-state index is 0.198. The molecular formula is C24H36N4O5S. The zero-order chi connectivity index (χ0) is 25.1. The number of ether oxygens (including phenoxy) is 1. The van der Waals surface area contributed by atoms with Crippen LogP contribution >= 0.6 is 11.3 Å². The minimum Gasteiger partial charge on any atom is -0.444 e. The molecule has 1 fully saturated rings. The molecule has 1 aromatic rings. The number of thiophene rings is 1. The Bertz CT molecular complexity index is 966. The van der Waals surface area contributed by atoms with Crippen LogP contribution in [0.4, 0.5) is 10.5 Å². The second kappa shape index (κ2) is 10.5. The summed E-state index contributed by atoms with van der Waals surface area (Å²) >= 11 is 1.53. The SMILES string of the molecule is CCCN(OCC)C(=O)C1=Cc2sc(CCC3(O)CN(C(=O)OC(C)(C)C)C3)cc2N=C(N)C1. The van der Waals surface area contributed by atoms with Gasteiger partial charge in [0.2, 0.25) is 0 Å². The number of nitrogens with zero attached hydrogens (tertiary/aromatic N) is 3. The van der Waals surface area contributed by atoms with Crippen LogP contribution in [0.2, 0.25) is 0 Å². The summed E-state index contributed by atoms with van der Waals surface area (Å²) in [7, 11) is 0. The summed E-state index contributed by atoms with van der Waals surface area (Å²) < 4.78 is 5.36. The summed E-state index contributed by atoms with van der Waals surface area (Å²) in [6.45, 7) is 10.7. The lowest BCUT2D eigenvalue weighted by atomic mass is 9.89. The topological polar surface area (TPSA) is 118 Å². The molecule has 0 bridgehead atoms. The van der Waals surface area contributed by atoms with Gasteiger partial charge in [0.1, 0.15) is 17.0 Å². The molecule has 10 heteroatoms. The van der Waals surface area contributed by atoms with E-state index in [9.17, 15) is 14.7 Å². The van der Waals surface area contributed by atoms with Crippen molar-refractivity contribution >= 4 is 40.9 Å². The first kappa shape index (κ1) is 26.2. The van der Waals surface area contributed by atoms with Gasteiger partial charge in [-0.1, -0.05) is 6.92 Å². The number of aryl methyl sites for hydroxylation is 1. The van der Waals surface area contributed by atoms with E-state index in [1.807, 2.05) is 46.8 Å².